The van der Waals surface area contributed by atoms with Gasteiger partial charge in [-0.3, -0.25) is 0 Å². The third-order valence-corrected chi connectivity index (χ3v) is 17.0. The summed E-state index contributed by atoms with van der Waals surface area (Å²) in [6.07, 6.45) is 3.67. The second-order valence-corrected chi connectivity index (χ2v) is 22.4. The Hall–Kier alpha value is -9.30. The SMILES string of the molecule is BrCc1cc(Oc2cc(OCc3ccc4c(c3)Cc3ccccc3-4)cc(OCc3ccc4c(c3)Cc3ccccc3-4)c2)cc(Oc2cc(OCc3ccc4c(c3)Cc3ccccc3-4)cc(OCc3ccc4c(c3)Cc3ccccc3-4)c2)c1. The zero-order chi connectivity index (χ0) is 54.5. The van der Waals surface area contributed by atoms with Gasteiger partial charge in [0.15, 0.2) is 0 Å². The molecule has 0 saturated carbocycles. The summed E-state index contributed by atoms with van der Waals surface area (Å²) < 4.78 is 40.0. The summed E-state index contributed by atoms with van der Waals surface area (Å²) in [5.41, 5.74) is 26.5. The van der Waals surface area contributed by atoms with Crippen molar-refractivity contribution in [2.45, 2.75) is 57.4 Å². The minimum Gasteiger partial charge on any atom is -0.489 e. The summed E-state index contributed by atoms with van der Waals surface area (Å²) in [5.74, 6) is 4.84. The standard InChI is InChI=1S/C75H55BrO6/c76-42-51-29-64(81-66-37-60(77-43-47-17-21-72-56(25-47)31-52-9-1-5-13-68(52)72)35-61(38-66)78-44-48-18-22-73-57(26-48)32-53-10-2-6-14-69(53)73)41-65(30-51)82-67-39-62(79-45-49-19-23-74-58(27-49)33-54-11-3-7-15-70(54)74)36-63(40-67)80-46-50-20-24-75-59(28-50)34-55-12-4-8-16-71(55)75/h1-30,35-41H,31-34,42-46H2. The van der Waals surface area contributed by atoms with Crippen molar-refractivity contribution in [2.75, 3.05) is 0 Å². The Morgan fingerprint density at radius 3 is 0.768 bits per heavy atom. The number of hydrogen-bond acceptors (Lipinski definition) is 6. The topological polar surface area (TPSA) is 55.4 Å². The molecule has 4 aliphatic carbocycles. The van der Waals surface area contributed by atoms with Crippen LogP contribution in [0.3, 0.4) is 0 Å². The second kappa shape index (κ2) is 21.3. The highest BCUT2D eigenvalue weighted by Crippen LogP contribution is 2.43. The van der Waals surface area contributed by atoms with Crippen LogP contribution in [0, 0.1) is 0 Å². The van der Waals surface area contributed by atoms with Gasteiger partial charge in [-0.25, -0.2) is 0 Å². The monoisotopic (exact) mass is 1130 g/mol. The minimum absolute atomic E-state index is 0.383. The van der Waals surface area contributed by atoms with Crippen molar-refractivity contribution in [1.82, 2.24) is 0 Å². The molecule has 82 heavy (non-hydrogen) atoms. The van der Waals surface area contributed by atoms with E-state index in [0.29, 0.717) is 77.8 Å². The number of halogens is 1. The van der Waals surface area contributed by atoms with Gasteiger partial charge in [0.1, 0.15) is 72.4 Å². The van der Waals surface area contributed by atoms with E-state index in [1.54, 1.807) is 0 Å². The molecule has 0 N–H and O–H groups in total. The molecule has 0 saturated heterocycles. The first kappa shape index (κ1) is 49.7. The van der Waals surface area contributed by atoms with Gasteiger partial charge in [0.2, 0.25) is 0 Å². The highest BCUT2D eigenvalue weighted by molar-refractivity contribution is 9.08. The quantitative estimate of drug-likeness (QED) is 0.0847. The Kier molecular flexibility index (Phi) is 12.9. The molecule has 0 atom stereocenters. The van der Waals surface area contributed by atoms with Crippen LogP contribution in [0.1, 0.15) is 72.3 Å². The van der Waals surface area contributed by atoms with Crippen LogP contribution in [0.25, 0.3) is 44.5 Å². The summed E-state index contributed by atoms with van der Waals surface area (Å²) in [7, 11) is 0. The van der Waals surface area contributed by atoms with E-state index in [2.05, 4.69) is 186 Å². The first-order valence-electron chi connectivity index (χ1n) is 28.1. The van der Waals surface area contributed by atoms with Crippen molar-refractivity contribution in [1.29, 1.82) is 0 Å². The Morgan fingerprint density at radius 1 is 0.232 bits per heavy atom. The van der Waals surface area contributed by atoms with E-state index < -0.39 is 0 Å². The number of ether oxygens (including phenoxy) is 6. The van der Waals surface area contributed by atoms with Gasteiger partial charge in [-0.15, -0.1) is 0 Å². The third-order valence-electron chi connectivity index (χ3n) is 16.3. The second-order valence-electron chi connectivity index (χ2n) is 21.9. The predicted octanol–water partition coefficient (Wildman–Crippen LogP) is 18.8. The third kappa shape index (κ3) is 10.1. The largest absolute Gasteiger partial charge is 0.489 e. The van der Waals surface area contributed by atoms with Crippen molar-refractivity contribution in [3.63, 3.8) is 0 Å². The molecular formula is C75H55BrO6. The first-order chi connectivity index (χ1) is 40.4. The van der Waals surface area contributed by atoms with Gasteiger partial charge in [0.05, 0.1) is 0 Å². The zero-order valence-electron chi connectivity index (χ0n) is 45.1. The molecule has 0 aliphatic heterocycles. The van der Waals surface area contributed by atoms with Crippen molar-refractivity contribution in [2.24, 2.45) is 0 Å². The maximum absolute atomic E-state index is 6.79. The van der Waals surface area contributed by atoms with Crippen LogP contribution in [-0.2, 0) is 57.4 Å². The molecule has 398 valence electrons. The Balaban J connectivity index is 0.699. The maximum atomic E-state index is 6.79. The smallest absolute Gasteiger partial charge is 0.134 e. The normalized spacial score (nSPS) is 12.5. The lowest BCUT2D eigenvalue weighted by atomic mass is 10.0. The number of fused-ring (bicyclic) bond motifs is 12. The Morgan fingerprint density at radius 2 is 0.476 bits per heavy atom. The van der Waals surface area contributed by atoms with Gasteiger partial charge in [-0.05, 0) is 155 Å². The van der Waals surface area contributed by atoms with Crippen molar-refractivity contribution < 1.29 is 28.4 Å². The summed E-state index contributed by atoms with van der Waals surface area (Å²) in [6, 6.07) is 78.7. The number of alkyl halides is 1. The molecule has 15 rings (SSSR count). The minimum atomic E-state index is 0.383. The lowest BCUT2D eigenvalue weighted by molar-refractivity contribution is 0.287. The summed E-state index contributed by atoms with van der Waals surface area (Å²) in [5, 5.41) is 0.574. The number of benzene rings is 11. The first-order valence-corrected chi connectivity index (χ1v) is 29.2. The fourth-order valence-corrected chi connectivity index (χ4v) is 12.8. The molecule has 0 fully saturated rings. The van der Waals surface area contributed by atoms with Crippen LogP contribution in [0.4, 0.5) is 0 Å². The van der Waals surface area contributed by atoms with E-state index in [1.807, 2.05) is 54.6 Å². The molecule has 4 aliphatic rings. The van der Waals surface area contributed by atoms with Crippen molar-refractivity contribution in [3.05, 3.63) is 297 Å². The lowest BCUT2D eigenvalue weighted by Crippen LogP contribution is -2.00. The van der Waals surface area contributed by atoms with Gasteiger partial charge in [-0.1, -0.05) is 186 Å². The predicted molar refractivity (Wildman–Crippen MR) is 328 cm³/mol. The summed E-state index contributed by atoms with van der Waals surface area (Å²) >= 11 is 3.73. The van der Waals surface area contributed by atoms with Gasteiger partial charge < -0.3 is 28.4 Å². The Bertz CT molecular complexity index is 3800. The maximum Gasteiger partial charge on any atom is 0.134 e. The fourth-order valence-electron chi connectivity index (χ4n) is 12.5. The molecule has 7 heteroatoms. The summed E-state index contributed by atoms with van der Waals surface area (Å²) in [4.78, 5) is 0. The molecule has 11 aromatic carbocycles. The van der Waals surface area contributed by atoms with Gasteiger partial charge in [0, 0.05) is 47.8 Å². The van der Waals surface area contributed by atoms with Gasteiger partial charge in [0.25, 0.3) is 0 Å². The molecule has 0 spiro atoms. The van der Waals surface area contributed by atoms with E-state index in [0.717, 1.165) is 53.5 Å². The molecule has 0 unspecified atom stereocenters. The highest BCUT2D eigenvalue weighted by Gasteiger charge is 2.23. The van der Waals surface area contributed by atoms with Crippen LogP contribution in [0.5, 0.6) is 46.0 Å². The van der Waals surface area contributed by atoms with E-state index in [1.165, 1.54) is 89.0 Å². The van der Waals surface area contributed by atoms with Crippen molar-refractivity contribution >= 4 is 15.9 Å². The molecule has 0 amide bonds. The van der Waals surface area contributed by atoms with E-state index >= 15 is 0 Å². The Labute approximate surface area is 486 Å². The molecule has 6 nitrogen and oxygen atoms in total. The molecular weight excluding hydrogens is 1080 g/mol. The number of hydrogen-bond donors (Lipinski definition) is 0. The van der Waals surface area contributed by atoms with E-state index in [9.17, 15) is 0 Å². The average Bonchev–Trinajstić information content (AvgIpc) is 4.44. The van der Waals surface area contributed by atoms with Crippen molar-refractivity contribution in [3.8, 4) is 90.5 Å². The fraction of sp³-hybridized carbons (Fsp3) is 0.120. The van der Waals surface area contributed by atoms with Gasteiger partial charge >= 0.3 is 0 Å². The molecule has 0 aromatic heterocycles. The van der Waals surface area contributed by atoms with Crippen LogP contribution < -0.4 is 28.4 Å². The number of rotatable bonds is 17. The molecule has 0 heterocycles. The van der Waals surface area contributed by atoms with E-state index in [-0.39, 0.29) is 0 Å². The lowest BCUT2D eigenvalue weighted by Gasteiger charge is -2.16. The average molecular weight is 1130 g/mol. The van der Waals surface area contributed by atoms with Crippen LogP contribution in [0.15, 0.2) is 224 Å². The van der Waals surface area contributed by atoms with Crippen LogP contribution in [0.2, 0.25) is 0 Å². The zero-order valence-corrected chi connectivity index (χ0v) is 46.6. The molecule has 0 radical (unpaired) electrons. The van der Waals surface area contributed by atoms with E-state index in [4.69, 9.17) is 28.4 Å². The van der Waals surface area contributed by atoms with Crippen LogP contribution in [-0.4, -0.2) is 0 Å². The van der Waals surface area contributed by atoms with Gasteiger partial charge in [-0.2, -0.15) is 0 Å². The summed E-state index contributed by atoms with van der Waals surface area (Å²) in [6.45, 7) is 1.53. The molecule has 11 aromatic rings. The van der Waals surface area contributed by atoms with Crippen LogP contribution >= 0.6 is 15.9 Å². The molecule has 0 bridgehead atoms. The highest BCUT2D eigenvalue weighted by atomic mass is 79.9.